The summed E-state index contributed by atoms with van der Waals surface area (Å²) in [5, 5.41) is 3.00. The first-order valence-electron chi connectivity index (χ1n) is 2.87. The van der Waals surface area contributed by atoms with Gasteiger partial charge in [-0.05, 0) is 13.8 Å². The Labute approximate surface area is 50.4 Å². The van der Waals surface area contributed by atoms with Crippen molar-refractivity contribution in [3.05, 3.63) is 0 Å². The second-order valence-electron chi connectivity index (χ2n) is 2.17. The van der Waals surface area contributed by atoms with E-state index in [0.717, 1.165) is 6.54 Å². The lowest BCUT2D eigenvalue weighted by Gasteiger charge is -2.09. The smallest absolute Gasteiger partial charge is 0.0517 e. The molecule has 3 nitrogen and oxygen atoms in total. The monoisotopic (exact) mass is 117 g/mol. The molecule has 8 heavy (non-hydrogen) atoms. The van der Waals surface area contributed by atoms with E-state index in [1.165, 1.54) is 0 Å². The van der Waals surface area contributed by atoms with Gasteiger partial charge in [0, 0.05) is 12.6 Å². The Kier molecular flexibility index (Phi) is 3.77. The largest absolute Gasteiger partial charge is 0.327 e. The maximum Gasteiger partial charge on any atom is 0.0517 e. The molecule has 0 rings (SSSR count). The second kappa shape index (κ2) is 3.83. The highest BCUT2D eigenvalue weighted by Crippen LogP contribution is 1.70. The van der Waals surface area contributed by atoms with Gasteiger partial charge in [-0.2, -0.15) is 0 Å². The maximum absolute atomic E-state index is 5.42. The van der Waals surface area contributed by atoms with Crippen molar-refractivity contribution in [1.82, 2.24) is 5.32 Å². The Bertz CT molecular complexity index is 43.6. The SMILES string of the molecule is CC(N)CNC(C)N. The zero-order valence-electron chi connectivity index (χ0n) is 5.52. The highest BCUT2D eigenvalue weighted by Gasteiger charge is 1.93. The summed E-state index contributed by atoms with van der Waals surface area (Å²) in [4.78, 5) is 0. The van der Waals surface area contributed by atoms with Crippen LogP contribution in [0.4, 0.5) is 0 Å². The van der Waals surface area contributed by atoms with Crippen molar-refractivity contribution in [3.8, 4) is 0 Å². The number of hydrogen-bond acceptors (Lipinski definition) is 3. The predicted octanol–water partition coefficient (Wildman–Crippen LogP) is -0.772. The summed E-state index contributed by atoms with van der Waals surface area (Å²) in [5.74, 6) is 0. The average molecular weight is 117 g/mol. The van der Waals surface area contributed by atoms with Gasteiger partial charge >= 0.3 is 0 Å². The van der Waals surface area contributed by atoms with E-state index in [4.69, 9.17) is 11.5 Å². The fourth-order valence-corrected chi connectivity index (χ4v) is 0.372. The predicted molar refractivity (Wildman–Crippen MR) is 35.3 cm³/mol. The minimum absolute atomic E-state index is 0.0565. The summed E-state index contributed by atoms with van der Waals surface area (Å²) in [6.07, 6.45) is 0.0565. The van der Waals surface area contributed by atoms with Gasteiger partial charge in [-0.1, -0.05) is 0 Å². The third-order valence-electron chi connectivity index (χ3n) is 0.762. The van der Waals surface area contributed by atoms with E-state index in [2.05, 4.69) is 5.32 Å². The van der Waals surface area contributed by atoms with Crippen LogP contribution in [0.5, 0.6) is 0 Å². The molecule has 0 amide bonds. The molecule has 0 saturated heterocycles. The fraction of sp³-hybridized carbons (Fsp3) is 1.00. The lowest BCUT2D eigenvalue weighted by atomic mass is 10.3. The van der Waals surface area contributed by atoms with Crippen molar-refractivity contribution < 1.29 is 0 Å². The van der Waals surface area contributed by atoms with E-state index < -0.39 is 0 Å². The van der Waals surface area contributed by atoms with E-state index in [9.17, 15) is 0 Å². The van der Waals surface area contributed by atoms with Crippen molar-refractivity contribution in [1.29, 1.82) is 0 Å². The zero-order valence-corrected chi connectivity index (χ0v) is 5.52. The van der Waals surface area contributed by atoms with E-state index in [0.29, 0.717) is 0 Å². The molecule has 50 valence electrons. The average Bonchev–Trinajstić information content (AvgIpc) is 1.61. The van der Waals surface area contributed by atoms with Gasteiger partial charge in [0.05, 0.1) is 6.17 Å². The van der Waals surface area contributed by atoms with Gasteiger partial charge in [-0.15, -0.1) is 0 Å². The molecule has 3 heteroatoms. The zero-order chi connectivity index (χ0) is 6.57. The van der Waals surface area contributed by atoms with Gasteiger partial charge in [0.15, 0.2) is 0 Å². The molecular formula is C5H15N3. The molecule has 0 saturated carbocycles. The molecule has 0 aliphatic rings. The molecule has 2 atom stereocenters. The molecular weight excluding hydrogens is 102 g/mol. The van der Waals surface area contributed by atoms with Crippen molar-refractivity contribution in [2.24, 2.45) is 11.5 Å². The maximum atomic E-state index is 5.42. The van der Waals surface area contributed by atoms with Crippen LogP contribution in [0.3, 0.4) is 0 Å². The molecule has 0 radical (unpaired) electrons. The molecule has 0 bridgehead atoms. The number of rotatable bonds is 3. The van der Waals surface area contributed by atoms with Crippen LogP contribution < -0.4 is 16.8 Å². The van der Waals surface area contributed by atoms with Gasteiger partial charge in [0.1, 0.15) is 0 Å². The van der Waals surface area contributed by atoms with Crippen molar-refractivity contribution in [3.63, 3.8) is 0 Å². The molecule has 0 fully saturated rings. The van der Waals surface area contributed by atoms with Crippen LogP contribution in [0.25, 0.3) is 0 Å². The Morgan fingerprint density at radius 1 is 1.38 bits per heavy atom. The molecule has 2 unspecified atom stereocenters. The fourth-order valence-electron chi connectivity index (χ4n) is 0.372. The number of hydrogen-bond donors (Lipinski definition) is 3. The molecule has 0 spiro atoms. The first-order chi connectivity index (χ1) is 3.63. The van der Waals surface area contributed by atoms with Gasteiger partial charge in [-0.3, -0.25) is 0 Å². The summed E-state index contributed by atoms with van der Waals surface area (Å²) in [5.41, 5.74) is 10.8. The van der Waals surface area contributed by atoms with Gasteiger partial charge in [0.2, 0.25) is 0 Å². The lowest BCUT2D eigenvalue weighted by Crippen LogP contribution is -2.41. The third kappa shape index (κ3) is 5.88. The Morgan fingerprint density at radius 3 is 2.00 bits per heavy atom. The Morgan fingerprint density at radius 2 is 1.88 bits per heavy atom. The normalized spacial score (nSPS) is 18.0. The summed E-state index contributed by atoms with van der Waals surface area (Å²) in [7, 11) is 0. The van der Waals surface area contributed by atoms with Crippen LogP contribution in [0.1, 0.15) is 13.8 Å². The molecule has 0 aliphatic carbocycles. The van der Waals surface area contributed by atoms with Crippen molar-refractivity contribution >= 4 is 0 Å². The molecule has 0 aromatic heterocycles. The first kappa shape index (κ1) is 7.88. The van der Waals surface area contributed by atoms with E-state index >= 15 is 0 Å². The molecule has 0 aromatic rings. The van der Waals surface area contributed by atoms with E-state index in [1.807, 2.05) is 13.8 Å². The van der Waals surface area contributed by atoms with Gasteiger partial charge in [0.25, 0.3) is 0 Å². The quantitative estimate of drug-likeness (QED) is 0.425. The lowest BCUT2D eigenvalue weighted by molar-refractivity contribution is 0.529. The van der Waals surface area contributed by atoms with Gasteiger partial charge in [-0.25, -0.2) is 0 Å². The minimum Gasteiger partial charge on any atom is -0.327 e. The number of nitrogens with one attached hydrogen (secondary N) is 1. The van der Waals surface area contributed by atoms with E-state index in [-0.39, 0.29) is 12.2 Å². The summed E-state index contributed by atoms with van der Waals surface area (Å²) in [6, 6.07) is 0.195. The van der Waals surface area contributed by atoms with Crippen LogP contribution in [-0.2, 0) is 0 Å². The van der Waals surface area contributed by atoms with Crippen molar-refractivity contribution in [2.75, 3.05) is 6.54 Å². The summed E-state index contributed by atoms with van der Waals surface area (Å²) in [6.45, 7) is 4.62. The first-order valence-corrected chi connectivity index (χ1v) is 2.87. The van der Waals surface area contributed by atoms with Crippen molar-refractivity contribution in [2.45, 2.75) is 26.1 Å². The van der Waals surface area contributed by atoms with Gasteiger partial charge < -0.3 is 16.8 Å². The van der Waals surface area contributed by atoms with Crippen LogP contribution >= 0.6 is 0 Å². The molecule has 5 N–H and O–H groups in total. The highest BCUT2D eigenvalue weighted by molar-refractivity contribution is 4.58. The Balaban J connectivity index is 2.93. The molecule has 0 aliphatic heterocycles. The van der Waals surface area contributed by atoms with Crippen LogP contribution in [-0.4, -0.2) is 18.8 Å². The highest BCUT2D eigenvalue weighted by atomic mass is 15.0. The summed E-state index contributed by atoms with van der Waals surface area (Å²) >= 11 is 0. The third-order valence-corrected chi connectivity index (χ3v) is 0.762. The van der Waals surface area contributed by atoms with Crippen LogP contribution in [0.15, 0.2) is 0 Å². The standard InChI is InChI=1S/C5H15N3/c1-4(6)3-8-5(2)7/h4-5,8H,3,6-7H2,1-2H3. The summed E-state index contributed by atoms with van der Waals surface area (Å²) < 4.78 is 0. The minimum atomic E-state index is 0.0565. The Hall–Kier alpha value is -0.120. The number of nitrogens with two attached hydrogens (primary N) is 2. The van der Waals surface area contributed by atoms with E-state index in [1.54, 1.807) is 0 Å². The molecule has 0 heterocycles. The second-order valence-corrected chi connectivity index (χ2v) is 2.17. The van der Waals surface area contributed by atoms with Crippen LogP contribution in [0, 0.1) is 0 Å². The topological polar surface area (TPSA) is 64.1 Å². The van der Waals surface area contributed by atoms with Crippen LogP contribution in [0.2, 0.25) is 0 Å². The molecule has 0 aromatic carbocycles.